The zero-order chi connectivity index (χ0) is 10.8. The minimum Gasteiger partial charge on any atom is -0.375 e. The predicted molar refractivity (Wildman–Crippen MR) is 66.1 cm³/mol. The molecule has 0 amide bonds. The zero-order valence-corrected chi connectivity index (χ0v) is 9.25. The van der Waals surface area contributed by atoms with Crippen molar-refractivity contribution < 1.29 is 0 Å². The van der Waals surface area contributed by atoms with E-state index in [4.69, 9.17) is 0 Å². The first kappa shape index (κ1) is 9.97. The maximum atomic E-state index is 4.59. The van der Waals surface area contributed by atoms with Gasteiger partial charge in [0.25, 0.3) is 0 Å². The van der Waals surface area contributed by atoms with Crippen molar-refractivity contribution in [2.75, 3.05) is 5.32 Å². The van der Waals surface area contributed by atoms with Crippen molar-refractivity contribution in [3.05, 3.63) is 36.4 Å². The molecule has 1 atom stereocenters. The number of benzene rings is 1. The average molecular weight is 200 g/mol. The first-order valence-electron chi connectivity index (χ1n) is 5.22. The van der Waals surface area contributed by atoms with Crippen LogP contribution in [-0.4, -0.2) is 11.8 Å². The van der Waals surface area contributed by atoms with E-state index in [9.17, 15) is 0 Å². The fraction of sp³-hybridized carbons (Fsp3) is 0.308. The van der Waals surface area contributed by atoms with Crippen molar-refractivity contribution in [1.29, 1.82) is 0 Å². The Kier molecular flexibility index (Phi) is 2.58. The summed E-state index contributed by atoms with van der Waals surface area (Å²) < 4.78 is 0. The van der Waals surface area contributed by atoms with E-state index in [0.717, 1.165) is 23.5 Å². The maximum absolute atomic E-state index is 4.59. The molecule has 78 valence electrons. The highest BCUT2D eigenvalue weighted by Gasteiger charge is 2.18. The molecule has 1 aliphatic heterocycles. The molecule has 1 aromatic carbocycles. The van der Waals surface area contributed by atoms with Gasteiger partial charge in [-0.25, -0.2) is 0 Å². The van der Waals surface area contributed by atoms with E-state index in [1.165, 1.54) is 5.57 Å². The molecule has 0 fully saturated rings. The molecule has 2 nitrogen and oxygen atoms in total. The number of aliphatic imine (C=N–C) groups is 1. The molecule has 1 heterocycles. The van der Waals surface area contributed by atoms with Crippen molar-refractivity contribution in [3.8, 4) is 0 Å². The highest BCUT2D eigenvalue weighted by molar-refractivity contribution is 5.96. The standard InChI is InChI=1S/C13H16N2/c1-9(2)8-13-10(3)14-11-6-4-5-7-12(11)15-13/h4-7,13,15H,1,8H2,2-3H3. The number of rotatable bonds is 2. The number of hydrogen-bond donors (Lipinski definition) is 1. The Balaban J connectivity index is 2.28. The summed E-state index contributed by atoms with van der Waals surface area (Å²) in [5, 5.41) is 3.49. The van der Waals surface area contributed by atoms with Gasteiger partial charge < -0.3 is 5.32 Å². The molecule has 2 rings (SSSR count). The Morgan fingerprint density at radius 1 is 1.47 bits per heavy atom. The van der Waals surface area contributed by atoms with Crippen LogP contribution in [0.25, 0.3) is 0 Å². The van der Waals surface area contributed by atoms with Crippen molar-refractivity contribution >= 4 is 17.1 Å². The smallest absolute Gasteiger partial charge is 0.0861 e. The van der Waals surface area contributed by atoms with Gasteiger partial charge in [-0.05, 0) is 32.4 Å². The number of nitrogens with zero attached hydrogens (tertiary/aromatic N) is 1. The van der Waals surface area contributed by atoms with Crippen LogP contribution in [0.15, 0.2) is 41.4 Å². The fourth-order valence-corrected chi connectivity index (χ4v) is 1.80. The third-order valence-corrected chi connectivity index (χ3v) is 2.59. The molecule has 1 aliphatic rings. The van der Waals surface area contributed by atoms with Crippen LogP contribution in [0, 0.1) is 0 Å². The van der Waals surface area contributed by atoms with E-state index in [0.29, 0.717) is 6.04 Å². The lowest BCUT2D eigenvalue weighted by molar-refractivity contribution is 0.879. The Hall–Kier alpha value is -1.57. The zero-order valence-electron chi connectivity index (χ0n) is 9.25. The van der Waals surface area contributed by atoms with E-state index in [2.05, 4.69) is 36.8 Å². The van der Waals surface area contributed by atoms with Crippen LogP contribution >= 0.6 is 0 Å². The van der Waals surface area contributed by atoms with Crippen LogP contribution in [0.5, 0.6) is 0 Å². The lowest BCUT2D eigenvalue weighted by atomic mass is 10.0. The lowest BCUT2D eigenvalue weighted by Crippen LogP contribution is -2.30. The van der Waals surface area contributed by atoms with Gasteiger partial charge in [0.1, 0.15) is 0 Å². The van der Waals surface area contributed by atoms with Gasteiger partial charge in [0.15, 0.2) is 0 Å². The fourth-order valence-electron chi connectivity index (χ4n) is 1.80. The third-order valence-electron chi connectivity index (χ3n) is 2.59. The van der Waals surface area contributed by atoms with Gasteiger partial charge in [-0.15, -0.1) is 6.58 Å². The Morgan fingerprint density at radius 3 is 2.93 bits per heavy atom. The second-order valence-electron chi connectivity index (χ2n) is 4.13. The van der Waals surface area contributed by atoms with Crippen LogP contribution in [-0.2, 0) is 0 Å². The van der Waals surface area contributed by atoms with E-state index in [1.807, 2.05) is 18.2 Å². The van der Waals surface area contributed by atoms with E-state index in [1.54, 1.807) is 0 Å². The minimum absolute atomic E-state index is 0.303. The number of para-hydroxylation sites is 2. The first-order valence-corrected chi connectivity index (χ1v) is 5.22. The second kappa shape index (κ2) is 3.89. The second-order valence-corrected chi connectivity index (χ2v) is 4.13. The maximum Gasteiger partial charge on any atom is 0.0861 e. The van der Waals surface area contributed by atoms with Gasteiger partial charge in [0, 0.05) is 5.71 Å². The topological polar surface area (TPSA) is 24.4 Å². The third kappa shape index (κ3) is 2.09. The van der Waals surface area contributed by atoms with Gasteiger partial charge in [-0.2, -0.15) is 0 Å². The summed E-state index contributed by atoms with van der Waals surface area (Å²) in [6, 6.07) is 8.44. The largest absolute Gasteiger partial charge is 0.375 e. The SMILES string of the molecule is C=C(C)CC1Nc2ccccc2N=C1C. The number of nitrogens with one attached hydrogen (secondary N) is 1. The molecular formula is C13H16N2. The van der Waals surface area contributed by atoms with E-state index < -0.39 is 0 Å². The molecule has 1 unspecified atom stereocenters. The molecule has 0 saturated carbocycles. The molecule has 0 aliphatic carbocycles. The summed E-state index contributed by atoms with van der Waals surface area (Å²) in [7, 11) is 0. The van der Waals surface area contributed by atoms with Crippen LogP contribution in [0.2, 0.25) is 0 Å². The minimum atomic E-state index is 0.303. The molecule has 0 bridgehead atoms. The molecular weight excluding hydrogens is 184 g/mol. The van der Waals surface area contributed by atoms with Crippen LogP contribution in [0.3, 0.4) is 0 Å². The molecule has 0 saturated heterocycles. The normalized spacial score (nSPS) is 18.8. The van der Waals surface area contributed by atoms with Gasteiger partial charge in [0.05, 0.1) is 17.4 Å². The molecule has 0 aromatic heterocycles. The van der Waals surface area contributed by atoms with Gasteiger partial charge in [-0.3, -0.25) is 4.99 Å². The predicted octanol–water partition coefficient (Wildman–Crippen LogP) is 3.54. The quantitative estimate of drug-likeness (QED) is 0.725. The van der Waals surface area contributed by atoms with Gasteiger partial charge in [0.2, 0.25) is 0 Å². The molecule has 15 heavy (non-hydrogen) atoms. The molecule has 2 heteroatoms. The summed E-state index contributed by atoms with van der Waals surface area (Å²) in [5.74, 6) is 0. The Labute approximate surface area is 90.7 Å². The van der Waals surface area contributed by atoms with Crippen molar-refractivity contribution in [3.63, 3.8) is 0 Å². The molecule has 1 N–H and O–H groups in total. The molecule has 0 spiro atoms. The number of hydrogen-bond acceptors (Lipinski definition) is 2. The summed E-state index contributed by atoms with van der Waals surface area (Å²) in [4.78, 5) is 4.59. The highest BCUT2D eigenvalue weighted by Crippen LogP contribution is 2.30. The van der Waals surface area contributed by atoms with Gasteiger partial charge in [-0.1, -0.05) is 17.7 Å². The summed E-state index contributed by atoms with van der Waals surface area (Å²) in [5.41, 5.74) is 4.47. The Morgan fingerprint density at radius 2 is 2.20 bits per heavy atom. The average Bonchev–Trinajstić information content (AvgIpc) is 2.18. The van der Waals surface area contributed by atoms with E-state index >= 15 is 0 Å². The molecule has 0 radical (unpaired) electrons. The molecule has 1 aromatic rings. The summed E-state index contributed by atoms with van der Waals surface area (Å²) in [6.45, 7) is 8.06. The Bertz CT molecular complexity index is 418. The van der Waals surface area contributed by atoms with Crippen LogP contribution < -0.4 is 5.32 Å². The number of fused-ring (bicyclic) bond motifs is 1. The van der Waals surface area contributed by atoms with Crippen molar-refractivity contribution in [2.24, 2.45) is 4.99 Å². The summed E-state index contributed by atoms with van der Waals surface area (Å²) in [6.07, 6.45) is 0.948. The van der Waals surface area contributed by atoms with E-state index in [-0.39, 0.29) is 0 Å². The van der Waals surface area contributed by atoms with Crippen molar-refractivity contribution in [2.45, 2.75) is 26.3 Å². The number of anilines is 1. The van der Waals surface area contributed by atoms with Crippen LogP contribution in [0.4, 0.5) is 11.4 Å². The van der Waals surface area contributed by atoms with Crippen molar-refractivity contribution in [1.82, 2.24) is 0 Å². The monoisotopic (exact) mass is 200 g/mol. The van der Waals surface area contributed by atoms with Crippen LogP contribution in [0.1, 0.15) is 20.3 Å². The first-order chi connectivity index (χ1) is 7.16. The highest BCUT2D eigenvalue weighted by atomic mass is 15.0. The van der Waals surface area contributed by atoms with Gasteiger partial charge >= 0.3 is 0 Å². The lowest BCUT2D eigenvalue weighted by Gasteiger charge is -2.25. The summed E-state index contributed by atoms with van der Waals surface area (Å²) >= 11 is 0.